The lowest BCUT2D eigenvalue weighted by Gasteiger charge is -2.52. The molecular weight excluding hydrogens is 272 g/mol. The van der Waals surface area contributed by atoms with Gasteiger partial charge in [-0.3, -0.25) is 0 Å². The standard InChI is InChI=1S/C20H28O2/c1-14(2)7-8-16(5)9-11-20-12-10-18(13-17(20)6)22-19(20)21-15(3)4/h10,12,15,17-19H,1,5,9,11,13H2,2-4,6H3/t17?,18-,19-,20?/m1/s1. The Morgan fingerprint density at radius 3 is 2.73 bits per heavy atom. The molecule has 2 nitrogen and oxygen atoms in total. The summed E-state index contributed by atoms with van der Waals surface area (Å²) in [5.41, 5.74) is 1.76. The van der Waals surface area contributed by atoms with Crippen molar-refractivity contribution < 1.29 is 9.47 Å². The third-order valence-corrected chi connectivity index (χ3v) is 4.57. The van der Waals surface area contributed by atoms with Crippen LogP contribution in [0.5, 0.6) is 0 Å². The Morgan fingerprint density at radius 2 is 2.14 bits per heavy atom. The van der Waals surface area contributed by atoms with Crippen molar-refractivity contribution in [3.8, 4) is 11.8 Å². The zero-order valence-electron chi connectivity index (χ0n) is 14.3. The molecule has 0 amide bonds. The third-order valence-electron chi connectivity index (χ3n) is 4.57. The van der Waals surface area contributed by atoms with Gasteiger partial charge in [0.1, 0.15) is 0 Å². The minimum atomic E-state index is -0.159. The van der Waals surface area contributed by atoms with E-state index in [1.165, 1.54) is 0 Å². The molecule has 2 aliphatic heterocycles. The van der Waals surface area contributed by atoms with Crippen LogP contribution in [0.25, 0.3) is 0 Å². The predicted molar refractivity (Wildman–Crippen MR) is 91.2 cm³/mol. The molecule has 0 saturated carbocycles. The van der Waals surface area contributed by atoms with Crippen molar-refractivity contribution in [3.05, 3.63) is 36.5 Å². The number of allylic oxidation sites excluding steroid dienone is 2. The van der Waals surface area contributed by atoms with E-state index >= 15 is 0 Å². The van der Waals surface area contributed by atoms with Gasteiger partial charge in [0.05, 0.1) is 12.2 Å². The van der Waals surface area contributed by atoms with Gasteiger partial charge >= 0.3 is 0 Å². The molecule has 22 heavy (non-hydrogen) atoms. The van der Waals surface area contributed by atoms with Gasteiger partial charge in [-0.15, -0.1) is 0 Å². The van der Waals surface area contributed by atoms with Crippen LogP contribution in [0.15, 0.2) is 36.5 Å². The minimum Gasteiger partial charge on any atom is -0.349 e. The Kier molecular flexibility index (Phi) is 5.32. The van der Waals surface area contributed by atoms with E-state index < -0.39 is 0 Å². The molecule has 2 bridgehead atoms. The molecule has 0 radical (unpaired) electrons. The number of hydrogen-bond donors (Lipinski definition) is 0. The number of ether oxygens (including phenoxy) is 2. The molecule has 3 rings (SSSR count). The number of hydrogen-bond acceptors (Lipinski definition) is 2. The maximum Gasteiger partial charge on any atom is 0.167 e. The molecule has 1 aliphatic carbocycles. The third kappa shape index (κ3) is 3.72. The normalized spacial score (nSPS) is 32.7. The van der Waals surface area contributed by atoms with Crippen molar-refractivity contribution in [2.45, 2.75) is 65.5 Å². The molecule has 120 valence electrons. The van der Waals surface area contributed by atoms with Crippen LogP contribution in [0.3, 0.4) is 0 Å². The minimum absolute atomic E-state index is 0.0626. The first-order valence-electron chi connectivity index (χ1n) is 8.19. The van der Waals surface area contributed by atoms with Crippen LogP contribution in [0.2, 0.25) is 0 Å². The first-order valence-corrected chi connectivity index (χ1v) is 8.19. The van der Waals surface area contributed by atoms with Gasteiger partial charge < -0.3 is 9.47 Å². The van der Waals surface area contributed by atoms with Crippen LogP contribution in [0.4, 0.5) is 0 Å². The molecule has 2 heteroatoms. The first kappa shape index (κ1) is 17.1. The monoisotopic (exact) mass is 300 g/mol. The van der Waals surface area contributed by atoms with Gasteiger partial charge in [-0.2, -0.15) is 0 Å². The quantitative estimate of drug-likeness (QED) is 0.544. The van der Waals surface area contributed by atoms with Crippen LogP contribution < -0.4 is 0 Å². The highest BCUT2D eigenvalue weighted by Gasteiger charge is 2.50. The van der Waals surface area contributed by atoms with Crippen molar-refractivity contribution in [1.29, 1.82) is 0 Å². The second kappa shape index (κ2) is 6.86. The van der Waals surface area contributed by atoms with Gasteiger partial charge in [-0.05, 0) is 57.1 Å². The highest BCUT2D eigenvalue weighted by molar-refractivity contribution is 5.34. The molecule has 2 unspecified atom stereocenters. The summed E-state index contributed by atoms with van der Waals surface area (Å²) >= 11 is 0. The van der Waals surface area contributed by atoms with Crippen LogP contribution in [-0.4, -0.2) is 18.5 Å². The van der Waals surface area contributed by atoms with E-state index in [2.05, 4.69) is 57.9 Å². The maximum absolute atomic E-state index is 6.11. The largest absolute Gasteiger partial charge is 0.349 e. The lowest BCUT2D eigenvalue weighted by atomic mass is 9.64. The van der Waals surface area contributed by atoms with E-state index in [9.17, 15) is 0 Å². The summed E-state index contributed by atoms with van der Waals surface area (Å²) in [4.78, 5) is 0. The fourth-order valence-corrected chi connectivity index (χ4v) is 3.27. The summed E-state index contributed by atoms with van der Waals surface area (Å²) in [5, 5.41) is 0. The van der Waals surface area contributed by atoms with Crippen LogP contribution in [0, 0.1) is 23.2 Å². The van der Waals surface area contributed by atoms with Gasteiger partial charge in [-0.25, -0.2) is 0 Å². The Hall–Kier alpha value is -1.30. The van der Waals surface area contributed by atoms with Crippen LogP contribution in [-0.2, 0) is 9.47 Å². The summed E-state index contributed by atoms with van der Waals surface area (Å²) in [6.07, 6.45) is 7.61. The van der Waals surface area contributed by atoms with Gasteiger partial charge in [0.15, 0.2) is 6.29 Å². The summed E-state index contributed by atoms with van der Waals surface area (Å²) in [7, 11) is 0. The topological polar surface area (TPSA) is 18.5 Å². The van der Waals surface area contributed by atoms with Crippen molar-refractivity contribution in [2.75, 3.05) is 0 Å². The Labute approximate surface area is 135 Å². The zero-order chi connectivity index (χ0) is 16.3. The Morgan fingerprint density at radius 1 is 1.41 bits per heavy atom. The predicted octanol–water partition coefficient (Wildman–Crippen LogP) is 4.63. The van der Waals surface area contributed by atoms with Crippen molar-refractivity contribution >= 4 is 0 Å². The fourth-order valence-electron chi connectivity index (χ4n) is 3.27. The van der Waals surface area contributed by atoms with E-state index in [0.29, 0.717) is 5.92 Å². The first-order chi connectivity index (χ1) is 10.3. The number of fused-ring (bicyclic) bond motifs is 2. The molecular formula is C20H28O2. The molecule has 0 aromatic heterocycles. The molecule has 1 fully saturated rings. The summed E-state index contributed by atoms with van der Waals surface area (Å²) in [5.74, 6) is 6.64. The van der Waals surface area contributed by atoms with Crippen LogP contribution >= 0.6 is 0 Å². The van der Waals surface area contributed by atoms with Gasteiger partial charge in [-0.1, -0.05) is 44.1 Å². The van der Waals surface area contributed by atoms with Crippen LogP contribution in [0.1, 0.15) is 47.0 Å². The molecule has 1 saturated heterocycles. The lowest BCUT2D eigenvalue weighted by Crippen LogP contribution is -2.53. The molecule has 0 aromatic rings. The van der Waals surface area contributed by atoms with Crippen molar-refractivity contribution in [1.82, 2.24) is 0 Å². The van der Waals surface area contributed by atoms with Gasteiger partial charge in [0.25, 0.3) is 0 Å². The Balaban J connectivity index is 2.11. The van der Waals surface area contributed by atoms with Crippen molar-refractivity contribution in [3.63, 3.8) is 0 Å². The van der Waals surface area contributed by atoms with E-state index in [4.69, 9.17) is 9.47 Å². The SMILES string of the molecule is C=C(C)C#CC(=C)CCC12C=C[C@H](CC1C)O[C@H]2OC(C)C. The second-order valence-corrected chi connectivity index (χ2v) is 6.93. The maximum atomic E-state index is 6.11. The van der Waals surface area contributed by atoms with Gasteiger partial charge in [0.2, 0.25) is 0 Å². The number of rotatable bonds is 5. The molecule has 4 atom stereocenters. The van der Waals surface area contributed by atoms with E-state index in [1.807, 2.05) is 6.92 Å². The molecule has 3 aliphatic rings. The smallest absolute Gasteiger partial charge is 0.167 e. The Bertz CT molecular complexity index is 532. The summed E-state index contributed by atoms with van der Waals surface area (Å²) in [6, 6.07) is 0. The second-order valence-electron chi connectivity index (χ2n) is 6.93. The molecule has 0 spiro atoms. The molecule has 0 N–H and O–H groups in total. The fraction of sp³-hybridized carbons (Fsp3) is 0.600. The van der Waals surface area contributed by atoms with E-state index in [0.717, 1.165) is 30.4 Å². The molecule has 0 aromatic carbocycles. The summed E-state index contributed by atoms with van der Waals surface area (Å²) in [6.45, 7) is 16.2. The van der Waals surface area contributed by atoms with Crippen molar-refractivity contribution in [2.24, 2.45) is 11.3 Å². The highest BCUT2D eigenvalue weighted by Crippen LogP contribution is 2.51. The van der Waals surface area contributed by atoms with E-state index in [1.54, 1.807) is 0 Å². The van der Waals surface area contributed by atoms with E-state index in [-0.39, 0.29) is 23.9 Å². The molecule has 2 heterocycles. The summed E-state index contributed by atoms with van der Waals surface area (Å²) < 4.78 is 12.2. The highest BCUT2D eigenvalue weighted by atomic mass is 16.7. The van der Waals surface area contributed by atoms with Gasteiger partial charge in [0, 0.05) is 5.41 Å². The lowest BCUT2D eigenvalue weighted by molar-refractivity contribution is -0.272. The zero-order valence-corrected chi connectivity index (χ0v) is 14.3. The average molecular weight is 300 g/mol. The average Bonchev–Trinajstić information content (AvgIpc) is 2.43.